The first kappa shape index (κ1) is 15.5. The Kier molecular flexibility index (Phi) is 4.55. The van der Waals surface area contributed by atoms with Crippen molar-refractivity contribution in [1.29, 1.82) is 0 Å². The van der Waals surface area contributed by atoms with Crippen LogP contribution in [0.25, 0.3) is 0 Å². The zero-order chi connectivity index (χ0) is 16.2. The van der Waals surface area contributed by atoms with Crippen LogP contribution in [0.15, 0.2) is 47.5 Å². The summed E-state index contributed by atoms with van der Waals surface area (Å²) in [5.41, 5.74) is 0.986. The number of Topliss-reactive ketones (excluding diaryl/α,β-unsaturated/α-hetero) is 1. The van der Waals surface area contributed by atoms with Gasteiger partial charge >= 0.3 is 0 Å². The van der Waals surface area contributed by atoms with E-state index in [1.165, 1.54) is 4.57 Å². The molecule has 0 saturated carbocycles. The number of aromatic nitrogens is 2. The Bertz CT molecular complexity index is 731. The number of nitrogens with zero attached hydrogens (tertiary/aromatic N) is 3. The third kappa shape index (κ3) is 3.50. The lowest BCUT2D eigenvalue weighted by molar-refractivity contribution is -0.122. The summed E-state index contributed by atoms with van der Waals surface area (Å²) in [7, 11) is 1.73. The highest BCUT2D eigenvalue weighted by atomic mass is 16.1. The van der Waals surface area contributed by atoms with Gasteiger partial charge in [-0.05, 0) is 18.4 Å². The van der Waals surface area contributed by atoms with Crippen LogP contribution in [0.4, 0.5) is 5.82 Å². The number of piperidine rings is 1. The average Bonchev–Trinajstić information content (AvgIpc) is 2.58. The molecule has 1 aliphatic heterocycles. The molecule has 0 N–H and O–H groups in total. The molecule has 1 aliphatic rings. The minimum Gasteiger partial charge on any atom is -0.352 e. The van der Waals surface area contributed by atoms with E-state index in [9.17, 15) is 9.59 Å². The fraction of sp³-hybridized carbons (Fsp3) is 0.389. The average molecular weight is 311 g/mol. The number of benzene rings is 1. The maximum Gasteiger partial charge on any atom is 0.293 e. The summed E-state index contributed by atoms with van der Waals surface area (Å²) < 4.78 is 1.54. The van der Waals surface area contributed by atoms with Crippen molar-refractivity contribution in [2.75, 3.05) is 18.0 Å². The zero-order valence-corrected chi connectivity index (χ0v) is 13.3. The maximum atomic E-state index is 12.4. The van der Waals surface area contributed by atoms with Crippen LogP contribution in [0.3, 0.4) is 0 Å². The van der Waals surface area contributed by atoms with Gasteiger partial charge in [0.1, 0.15) is 5.78 Å². The van der Waals surface area contributed by atoms with Gasteiger partial charge in [-0.1, -0.05) is 30.3 Å². The van der Waals surface area contributed by atoms with E-state index in [1.807, 2.05) is 35.2 Å². The van der Waals surface area contributed by atoms with Crippen LogP contribution < -0.4 is 10.5 Å². The van der Waals surface area contributed by atoms with Crippen LogP contribution in [0.5, 0.6) is 0 Å². The number of anilines is 1. The highest BCUT2D eigenvalue weighted by Crippen LogP contribution is 2.22. The third-order valence-electron chi connectivity index (χ3n) is 4.47. The Morgan fingerprint density at radius 2 is 1.91 bits per heavy atom. The SMILES string of the molecule is Cn1ccnc(N2CCC(C(=O)Cc3ccccc3)CC2)c1=O. The van der Waals surface area contributed by atoms with Crippen molar-refractivity contribution in [3.8, 4) is 0 Å². The summed E-state index contributed by atoms with van der Waals surface area (Å²) in [6.45, 7) is 1.41. The van der Waals surface area contributed by atoms with Gasteiger partial charge in [-0.3, -0.25) is 9.59 Å². The summed E-state index contributed by atoms with van der Waals surface area (Å²) in [5.74, 6) is 0.868. The lowest BCUT2D eigenvalue weighted by Crippen LogP contribution is -2.40. The van der Waals surface area contributed by atoms with Crippen LogP contribution >= 0.6 is 0 Å². The molecule has 0 unspecified atom stereocenters. The van der Waals surface area contributed by atoms with E-state index in [0.29, 0.717) is 31.1 Å². The molecule has 5 heteroatoms. The molecule has 0 aliphatic carbocycles. The lowest BCUT2D eigenvalue weighted by atomic mass is 9.89. The molecule has 1 aromatic carbocycles. The van der Waals surface area contributed by atoms with Crippen LogP contribution in [0.1, 0.15) is 18.4 Å². The Labute approximate surface area is 135 Å². The maximum absolute atomic E-state index is 12.4. The first-order valence-electron chi connectivity index (χ1n) is 7.98. The molecule has 23 heavy (non-hydrogen) atoms. The number of hydrogen-bond donors (Lipinski definition) is 0. The number of hydrogen-bond acceptors (Lipinski definition) is 4. The number of rotatable bonds is 4. The molecule has 2 aromatic rings. The molecule has 3 rings (SSSR count). The molecule has 2 heterocycles. The predicted molar refractivity (Wildman–Crippen MR) is 89.6 cm³/mol. The Balaban J connectivity index is 1.61. The quantitative estimate of drug-likeness (QED) is 0.864. The number of carbonyl (C=O) groups excluding carboxylic acids is 1. The Morgan fingerprint density at radius 1 is 1.22 bits per heavy atom. The molecule has 1 fully saturated rings. The van der Waals surface area contributed by atoms with Crippen LogP contribution in [-0.4, -0.2) is 28.4 Å². The van der Waals surface area contributed by atoms with Crippen molar-refractivity contribution in [2.45, 2.75) is 19.3 Å². The second-order valence-electron chi connectivity index (χ2n) is 6.06. The number of aryl methyl sites for hydroxylation is 1. The van der Waals surface area contributed by atoms with Crippen molar-refractivity contribution < 1.29 is 4.79 Å². The predicted octanol–water partition coefficient (Wildman–Crippen LogP) is 1.81. The molecule has 120 valence electrons. The van der Waals surface area contributed by atoms with Gasteiger partial charge in [-0.25, -0.2) is 4.98 Å². The monoisotopic (exact) mass is 311 g/mol. The molecule has 0 radical (unpaired) electrons. The Morgan fingerprint density at radius 3 is 2.61 bits per heavy atom. The second kappa shape index (κ2) is 6.77. The van der Waals surface area contributed by atoms with Gasteiger partial charge in [-0.15, -0.1) is 0 Å². The normalized spacial score (nSPS) is 15.6. The molecule has 0 atom stereocenters. The largest absolute Gasteiger partial charge is 0.352 e. The summed E-state index contributed by atoms with van der Waals surface area (Å²) in [5, 5.41) is 0. The highest BCUT2D eigenvalue weighted by molar-refractivity contribution is 5.83. The molecule has 1 aromatic heterocycles. The fourth-order valence-corrected chi connectivity index (χ4v) is 3.06. The minimum atomic E-state index is -0.0819. The van der Waals surface area contributed by atoms with Crippen LogP contribution in [0.2, 0.25) is 0 Å². The van der Waals surface area contributed by atoms with E-state index >= 15 is 0 Å². The molecule has 5 nitrogen and oxygen atoms in total. The topological polar surface area (TPSA) is 55.2 Å². The van der Waals surface area contributed by atoms with Gasteiger partial charge < -0.3 is 9.47 Å². The molecule has 1 saturated heterocycles. The third-order valence-corrected chi connectivity index (χ3v) is 4.47. The number of carbonyl (C=O) groups is 1. The summed E-state index contributed by atoms with van der Waals surface area (Å²) in [6, 6.07) is 9.86. The van der Waals surface area contributed by atoms with E-state index in [2.05, 4.69) is 4.98 Å². The first-order chi connectivity index (χ1) is 11.1. The van der Waals surface area contributed by atoms with E-state index in [1.54, 1.807) is 19.4 Å². The van der Waals surface area contributed by atoms with Crippen molar-refractivity contribution in [1.82, 2.24) is 9.55 Å². The first-order valence-corrected chi connectivity index (χ1v) is 7.98. The van der Waals surface area contributed by atoms with Crippen LogP contribution in [-0.2, 0) is 18.3 Å². The molecule has 0 spiro atoms. The van der Waals surface area contributed by atoms with Gasteiger partial charge in [0, 0.05) is 44.9 Å². The highest BCUT2D eigenvalue weighted by Gasteiger charge is 2.26. The van der Waals surface area contributed by atoms with E-state index in [0.717, 1.165) is 18.4 Å². The van der Waals surface area contributed by atoms with Gasteiger partial charge in [-0.2, -0.15) is 0 Å². The molecular weight excluding hydrogens is 290 g/mol. The number of ketones is 1. The fourth-order valence-electron chi connectivity index (χ4n) is 3.06. The summed E-state index contributed by atoms with van der Waals surface area (Å²) in [4.78, 5) is 30.8. The smallest absolute Gasteiger partial charge is 0.293 e. The van der Waals surface area contributed by atoms with Gasteiger partial charge in [0.25, 0.3) is 5.56 Å². The van der Waals surface area contributed by atoms with E-state index < -0.39 is 0 Å². The van der Waals surface area contributed by atoms with Gasteiger partial charge in [0.2, 0.25) is 0 Å². The molecule has 0 bridgehead atoms. The standard InChI is InChI=1S/C18H21N3O2/c1-20-12-9-19-17(18(20)23)21-10-7-15(8-11-21)16(22)13-14-5-3-2-4-6-14/h2-6,9,12,15H,7-8,10-11,13H2,1H3. The summed E-state index contributed by atoms with van der Waals surface area (Å²) in [6.07, 6.45) is 5.36. The van der Waals surface area contributed by atoms with E-state index in [-0.39, 0.29) is 11.5 Å². The molecule has 0 amide bonds. The van der Waals surface area contributed by atoms with Gasteiger partial charge in [0.05, 0.1) is 0 Å². The lowest BCUT2D eigenvalue weighted by Gasteiger charge is -2.31. The minimum absolute atomic E-state index is 0.0819. The summed E-state index contributed by atoms with van der Waals surface area (Å²) >= 11 is 0. The van der Waals surface area contributed by atoms with Crippen LogP contribution in [0, 0.1) is 5.92 Å². The molecular formula is C18H21N3O2. The Hall–Kier alpha value is -2.43. The van der Waals surface area contributed by atoms with Crippen molar-refractivity contribution in [2.24, 2.45) is 13.0 Å². The second-order valence-corrected chi connectivity index (χ2v) is 6.06. The van der Waals surface area contributed by atoms with E-state index in [4.69, 9.17) is 0 Å². The zero-order valence-electron chi connectivity index (χ0n) is 13.3. The van der Waals surface area contributed by atoms with Crippen molar-refractivity contribution in [3.05, 3.63) is 58.6 Å². The van der Waals surface area contributed by atoms with Crippen molar-refractivity contribution in [3.63, 3.8) is 0 Å². The van der Waals surface area contributed by atoms with Crippen molar-refractivity contribution >= 4 is 11.6 Å². The van der Waals surface area contributed by atoms with Gasteiger partial charge in [0.15, 0.2) is 5.82 Å².